The molecule has 0 spiro atoms. The normalized spacial score (nSPS) is 11.4. The lowest BCUT2D eigenvalue weighted by Gasteiger charge is -2.01. The Morgan fingerprint density at radius 3 is 2.66 bits per heavy atom. The van der Waals surface area contributed by atoms with E-state index in [2.05, 4.69) is 72.3 Å². The van der Waals surface area contributed by atoms with Crippen molar-refractivity contribution in [2.24, 2.45) is 0 Å². The maximum atomic E-state index is 4.60. The number of nitrogens with zero attached hydrogens (tertiary/aromatic N) is 3. The highest BCUT2D eigenvalue weighted by Crippen LogP contribution is 2.35. The van der Waals surface area contributed by atoms with Crippen LogP contribution in [0.4, 0.5) is 0 Å². The van der Waals surface area contributed by atoms with E-state index < -0.39 is 0 Å². The van der Waals surface area contributed by atoms with Crippen LogP contribution in [-0.2, 0) is 0 Å². The lowest BCUT2D eigenvalue weighted by atomic mass is 10.0. The van der Waals surface area contributed by atoms with Gasteiger partial charge < -0.3 is 4.98 Å². The summed E-state index contributed by atoms with van der Waals surface area (Å²) in [7, 11) is 0. The lowest BCUT2D eigenvalue weighted by molar-refractivity contribution is 1.12. The lowest BCUT2D eigenvalue weighted by Crippen LogP contribution is -1.81. The van der Waals surface area contributed by atoms with Crippen LogP contribution >= 0.6 is 11.3 Å². The summed E-state index contributed by atoms with van der Waals surface area (Å²) in [4.78, 5) is 12.2. The molecule has 6 rings (SSSR count). The van der Waals surface area contributed by atoms with Crippen LogP contribution in [-0.4, -0.2) is 25.1 Å². The third-order valence-electron chi connectivity index (χ3n) is 5.19. The van der Waals surface area contributed by atoms with Crippen molar-refractivity contribution in [1.29, 1.82) is 0 Å². The van der Waals surface area contributed by atoms with Gasteiger partial charge in [0, 0.05) is 40.5 Å². The van der Waals surface area contributed by atoms with Crippen molar-refractivity contribution in [3.8, 4) is 33.6 Å². The van der Waals surface area contributed by atoms with Gasteiger partial charge in [-0.05, 0) is 52.2 Å². The Kier molecular flexibility index (Phi) is 3.57. The molecule has 0 saturated heterocycles. The molecule has 0 aliphatic rings. The van der Waals surface area contributed by atoms with Crippen LogP contribution in [0.25, 0.3) is 55.4 Å². The molecule has 29 heavy (non-hydrogen) atoms. The van der Waals surface area contributed by atoms with Crippen molar-refractivity contribution in [2.45, 2.75) is 0 Å². The summed E-state index contributed by atoms with van der Waals surface area (Å²) in [5, 5.41) is 14.2. The van der Waals surface area contributed by atoms with E-state index in [0.717, 1.165) is 49.9 Å². The topological polar surface area (TPSA) is 70.2 Å². The maximum Gasteiger partial charge on any atom is 0.116 e. The first-order valence-electron chi connectivity index (χ1n) is 9.25. The number of aromatic amines is 2. The molecule has 0 fully saturated rings. The van der Waals surface area contributed by atoms with Crippen molar-refractivity contribution in [2.75, 3.05) is 0 Å². The van der Waals surface area contributed by atoms with Crippen molar-refractivity contribution < 1.29 is 0 Å². The first-order valence-corrected chi connectivity index (χ1v) is 10.2. The number of H-pyrrole nitrogens is 2. The molecule has 2 N–H and O–H groups in total. The Balaban J connectivity index is 1.53. The predicted molar refractivity (Wildman–Crippen MR) is 118 cm³/mol. The van der Waals surface area contributed by atoms with Crippen LogP contribution in [0.1, 0.15) is 0 Å². The maximum absolute atomic E-state index is 4.60. The molecule has 0 saturated carbocycles. The highest BCUT2D eigenvalue weighted by atomic mass is 32.1. The molecule has 138 valence electrons. The molecule has 0 atom stereocenters. The fourth-order valence-electron chi connectivity index (χ4n) is 3.76. The Labute approximate surface area is 170 Å². The molecule has 0 radical (unpaired) electrons. The minimum atomic E-state index is 0.901. The fraction of sp³-hybridized carbons (Fsp3) is 0. The highest BCUT2D eigenvalue weighted by molar-refractivity contribution is 7.08. The molecular formula is C23H15N5S. The van der Waals surface area contributed by atoms with Gasteiger partial charge in [0.05, 0.1) is 22.9 Å². The van der Waals surface area contributed by atoms with Gasteiger partial charge in [-0.3, -0.25) is 15.1 Å². The molecule has 6 heteroatoms. The van der Waals surface area contributed by atoms with E-state index in [-0.39, 0.29) is 0 Å². The minimum absolute atomic E-state index is 0.901. The zero-order valence-electron chi connectivity index (χ0n) is 15.3. The van der Waals surface area contributed by atoms with E-state index in [0.29, 0.717) is 0 Å². The molecule has 0 aliphatic heterocycles. The number of nitrogens with one attached hydrogen (secondary N) is 2. The molecule has 5 nitrogen and oxygen atoms in total. The van der Waals surface area contributed by atoms with Crippen molar-refractivity contribution in [1.82, 2.24) is 25.1 Å². The molecule has 6 aromatic rings. The van der Waals surface area contributed by atoms with Gasteiger partial charge in [-0.25, -0.2) is 0 Å². The van der Waals surface area contributed by atoms with Crippen LogP contribution in [0.15, 0.2) is 78.0 Å². The summed E-state index contributed by atoms with van der Waals surface area (Å²) in [6.45, 7) is 0. The number of hydrogen-bond donors (Lipinski definition) is 2. The molecule has 0 amide bonds. The van der Waals surface area contributed by atoms with E-state index in [1.807, 2.05) is 24.7 Å². The van der Waals surface area contributed by atoms with Gasteiger partial charge in [-0.1, -0.05) is 12.1 Å². The number of rotatable bonds is 3. The Bertz CT molecular complexity index is 1450. The second-order valence-corrected chi connectivity index (χ2v) is 7.70. The number of pyridine rings is 2. The summed E-state index contributed by atoms with van der Waals surface area (Å²) >= 11 is 1.69. The Morgan fingerprint density at radius 2 is 1.79 bits per heavy atom. The largest absolute Gasteiger partial charge is 0.352 e. The van der Waals surface area contributed by atoms with Crippen LogP contribution in [0.5, 0.6) is 0 Å². The average Bonchev–Trinajstić information content (AvgIpc) is 3.52. The van der Waals surface area contributed by atoms with E-state index in [4.69, 9.17) is 0 Å². The second kappa shape index (κ2) is 6.39. The quantitative estimate of drug-likeness (QED) is 0.393. The van der Waals surface area contributed by atoms with Gasteiger partial charge >= 0.3 is 0 Å². The zero-order valence-corrected chi connectivity index (χ0v) is 16.1. The predicted octanol–water partition coefficient (Wildman–Crippen LogP) is 5.90. The molecule has 5 heterocycles. The molecule has 1 aromatic carbocycles. The van der Waals surface area contributed by atoms with Crippen molar-refractivity contribution in [3.05, 3.63) is 78.0 Å². The molecule has 0 bridgehead atoms. The van der Waals surface area contributed by atoms with Gasteiger partial charge in [0.15, 0.2) is 0 Å². The second-order valence-electron chi connectivity index (χ2n) is 6.92. The average molecular weight is 393 g/mol. The summed E-state index contributed by atoms with van der Waals surface area (Å²) in [6, 6.07) is 14.6. The summed E-state index contributed by atoms with van der Waals surface area (Å²) < 4.78 is 0. The molecular weight excluding hydrogens is 378 g/mol. The van der Waals surface area contributed by atoms with E-state index >= 15 is 0 Å². The molecule has 5 aromatic heterocycles. The number of benzene rings is 1. The van der Waals surface area contributed by atoms with E-state index in [1.165, 1.54) is 5.56 Å². The first kappa shape index (κ1) is 16.2. The van der Waals surface area contributed by atoms with Crippen molar-refractivity contribution >= 4 is 33.1 Å². The number of thiophene rings is 1. The van der Waals surface area contributed by atoms with Crippen LogP contribution in [0.2, 0.25) is 0 Å². The van der Waals surface area contributed by atoms with Gasteiger partial charge in [0.2, 0.25) is 0 Å². The first-order chi connectivity index (χ1) is 14.4. The van der Waals surface area contributed by atoms with Gasteiger partial charge in [-0.15, -0.1) is 0 Å². The third-order valence-corrected chi connectivity index (χ3v) is 5.87. The molecule has 0 unspecified atom stereocenters. The molecule has 0 aliphatic carbocycles. The smallest absolute Gasteiger partial charge is 0.116 e. The number of aromatic nitrogens is 5. The number of hydrogen-bond acceptors (Lipinski definition) is 4. The zero-order chi connectivity index (χ0) is 19.2. The van der Waals surface area contributed by atoms with E-state index in [1.54, 1.807) is 17.5 Å². The Morgan fingerprint density at radius 1 is 0.793 bits per heavy atom. The minimum Gasteiger partial charge on any atom is -0.352 e. The summed E-state index contributed by atoms with van der Waals surface area (Å²) in [5.74, 6) is 0. The van der Waals surface area contributed by atoms with Gasteiger partial charge in [0.1, 0.15) is 5.69 Å². The Hall–Kier alpha value is -3.77. The SMILES string of the molecule is c1cncc(-c2ccc3[nH]nc(-c4cc5c(-c6ccsc6)cncc5[nH]4)c3c2)c1. The monoisotopic (exact) mass is 393 g/mol. The van der Waals surface area contributed by atoms with Crippen molar-refractivity contribution in [3.63, 3.8) is 0 Å². The summed E-state index contributed by atoms with van der Waals surface area (Å²) in [5.41, 5.74) is 8.39. The van der Waals surface area contributed by atoms with Crippen LogP contribution in [0.3, 0.4) is 0 Å². The van der Waals surface area contributed by atoms with Crippen LogP contribution < -0.4 is 0 Å². The highest BCUT2D eigenvalue weighted by Gasteiger charge is 2.14. The fourth-order valence-corrected chi connectivity index (χ4v) is 4.41. The van der Waals surface area contributed by atoms with E-state index in [9.17, 15) is 0 Å². The number of fused-ring (bicyclic) bond motifs is 2. The van der Waals surface area contributed by atoms with Gasteiger partial charge in [-0.2, -0.15) is 16.4 Å². The van der Waals surface area contributed by atoms with Crippen LogP contribution in [0, 0.1) is 0 Å². The summed E-state index contributed by atoms with van der Waals surface area (Å²) in [6.07, 6.45) is 7.45. The van der Waals surface area contributed by atoms with Gasteiger partial charge in [0.25, 0.3) is 0 Å². The standard InChI is InChI=1S/C23H15N5S/c1-2-15(10-24-6-1)14-3-4-20-18(8-14)23(28-27-20)21-9-17-19(16-5-7-29-13-16)11-25-12-22(17)26-21/h1-13,26H,(H,27,28). The third kappa shape index (κ3) is 2.65.